The summed E-state index contributed by atoms with van der Waals surface area (Å²) in [4.78, 5) is 17.4. The van der Waals surface area contributed by atoms with Crippen LogP contribution in [0.2, 0.25) is 5.02 Å². The molecule has 128 valence electrons. The summed E-state index contributed by atoms with van der Waals surface area (Å²) in [6, 6.07) is 15.1. The van der Waals surface area contributed by atoms with E-state index in [0.29, 0.717) is 22.4 Å². The van der Waals surface area contributed by atoms with Crippen LogP contribution in [0.15, 0.2) is 57.8 Å². The average Bonchev–Trinajstić information content (AvgIpc) is 3.06. The quantitative estimate of drug-likeness (QED) is 0.460. The summed E-state index contributed by atoms with van der Waals surface area (Å²) >= 11 is 7.62. The van der Waals surface area contributed by atoms with E-state index < -0.39 is 0 Å². The van der Waals surface area contributed by atoms with E-state index in [1.165, 1.54) is 7.11 Å². The number of aromatic nitrogens is 1. The number of oxazole rings is 1. The summed E-state index contributed by atoms with van der Waals surface area (Å²) in [5.74, 6) is 0.648. The molecule has 3 aromatic rings. The van der Waals surface area contributed by atoms with Crippen LogP contribution in [-0.2, 0) is 16.0 Å². The van der Waals surface area contributed by atoms with Crippen LogP contribution in [0.25, 0.3) is 22.8 Å². The van der Waals surface area contributed by atoms with Crippen molar-refractivity contribution in [1.29, 1.82) is 0 Å². The number of ether oxygens (including phenoxy) is 1. The number of esters is 1. The van der Waals surface area contributed by atoms with Crippen molar-refractivity contribution in [3.8, 4) is 22.8 Å². The van der Waals surface area contributed by atoms with Gasteiger partial charge in [-0.05, 0) is 54.8 Å². The second kappa shape index (κ2) is 7.76. The molecule has 0 aliphatic carbocycles. The third kappa shape index (κ3) is 4.06. The highest BCUT2D eigenvalue weighted by atomic mass is 35.5. The number of benzene rings is 2. The molecule has 0 aliphatic rings. The Balaban J connectivity index is 2.03. The van der Waals surface area contributed by atoms with Crippen LogP contribution in [0.3, 0.4) is 0 Å². The second-order valence-electron chi connectivity index (χ2n) is 5.28. The fraction of sp³-hybridized carbons (Fsp3) is 0.158. The molecule has 0 unspecified atom stereocenters. The summed E-state index contributed by atoms with van der Waals surface area (Å²) in [5.41, 5.74) is 2.20. The Hall–Kier alpha value is -2.24. The molecule has 0 bridgehead atoms. The molecule has 0 saturated heterocycles. The number of halogens is 1. The van der Waals surface area contributed by atoms with Crippen LogP contribution >= 0.6 is 23.4 Å². The van der Waals surface area contributed by atoms with E-state index in [1.54, 1.807) is 23.9 Å². The highest BCUT2D eigenvalue weighted by molar-refractivity contribution is 7.98. The molecule has 25 heavy (non-hydrogen) atoms. The van der Waals surface area contributed by atoms with Gasteiger partial charge in [0.05, 0.1) is 19.2 Å². The van der Waals surface area contributed by atoms with Gasteiger partial charge in [-0.25, -0.2) is 4.98 Å². The molecule has 0 spiro atoms. The largest absolute Gasteiger partial charge is 0.469 e. The topological polar surface area (TPSA) is 52.3 Å². The lowest BCUT2D eigenvalue weighted by molar-refractivity contribution is -0.139. The molecular formula is C19H16ClNO3S. The van der Waals surface area contributed by atoms with Gasteiger partial charge in [-0.1, -0.05) is 11.6 Å². The zero-order chi connectivity index (χ0) is 17.8. The lowest BCUT2D eigenvalue weighted by atomic mass is 10.1. The highest BCUT2D eigenvalue weighted by Crippen LogP contribution is 2.31. The first-order valence-electron chi connectivity index (χ1n) is 7.57. The minimum absolute atomic E-state index is 0.0425. The summed E-state index contributed by atoms with van der Waals surface area (Å²) < 4.78 is 10.7. The maximum Gasteiger partial charge on any atom is 0.311 e. The predicted octanol–water partition coefficient (Wildman–Crippen LogP) is 5.10. The minimum atomic E-state index is -0.368. The Kier molecular flexibility index (Phi) is 5.46. The van der Waals surface area contributed by atoms with Crippen LogP contribution in [0, 0.1) is 0 Å². The van der Waals surface area contributed by atoms with Crippen LogP contribution in [0.4, 0.5) is 0 Å². The van der Waals surface area contributed by atoms with Gasteiger partial charge < -0.3 is 9.15 Å². The molecule has 1 aromatic heterocycles. The molecule has 3 rings (SSSR count). The lowest BCUT2D eigenvalue weighted by Gasteiger charge is -2.01. The Labute approximate surface area is 155 Å². The van der Waals surface area contributed by atoms with Gasteiger partial charge in [0.15, 0.2) is 5.76 Å². The number of carbonyl (C=O) groups excluding carboxylic acids is 1. The summed E-state index contributed by atoms with van der Waals surface area (Å²) in [5, 5.41) is 0.630. The minimum Gasteiger partial charge on any atom is -0.469 e. The Morgan fingerprint density at radius 1 is 1.12 bits per heavy atom. The van der Waals surface area contributed by atoms with Crippen molar-refractivity contribution in [2.45, 2.75) is 11.3 Å². The van der Waals surface area contributed by atoms with Crippen molar-refractivity contribution in [3.63, 3.8) is 0 Å². The molecule has 0 saturated carbocycles. The molecule has 4 nitrogen and oxygen atoms in total. The Morgan fingerprint density at radius 2 is 1.76 bits per heavy atom. The molecule has 0 radical (unpaired) electrons. The Morgan fingerprint density at radius 3 is 2.36 bits per heavy atom. The van der Waals surface area contributed by atoms with Crippen molar-refractivity contribution in [2.75, 3.05) is 13.4 Å². The molecule has 1 heterocycles. The van der Waals surface area contributed by atoms with E-state index in [4.69, 9.17) is 20.8 Å². The zero-order valence-corrected chi connectivity index (χ0v) is 15.4. The van der Waals surface area contributed by atoms with E-state index in [9.17, 15) is 4.79 Å². The second-order valence-corrected chi connectivity index (χ2v) is 6.60. The van der Waals surface area contributed by atoms with Crippen molar-refractivity contribution in [2.24, 2.45) is 0 Å². The van der Waals surface area contributed by atoms with Gasteiger partial charge in [-0.15, -0.1) is 11.8 Å². The normalized spacial score (nSPS) is 10.7. The van der Waals surface area contributed by atoms with Gasteiger partial charge in [0, 0.05) is 21.0 Å². The molecule has 0 fully saturated rings. The fourth-order valence-corrected chi connectivity index (χ4v) is 2.90. The lowest BCUT2D eigenvalue weighted by Crippen LogP contribution is -2.05. The van der Waals surface area contributed by atoms with E-state index in [2.05, 4.69) is 4.98 Å². The van der Waals surface area contributed by atoms with Gasteiger partial charge in [-0.3, -0.25) is 4.79 Å². The van der Waals surface area contributed by atoms with E-state index in [1.807, 2.05) is 42.7 Å². The van der Waals surface area contributed by atoms with Crippen LogP contribution in [0.1, 0.15) is 5.69 Å². The summed E-state index contributed by atoms with van der Waals surface area (Å²) in [7, 11) is 1.35. The third-order valence-corrected chi connectivity index (χ3v) is 4.68. The van der Waals surface area contributed by atoms with E-state index >= 15 is 0 Å². The summed E-state index contributed by atoms with van der Waals surface area (Å²) in [6.07, 6.45) is 2.06. The molecular weight excluding hydrogens is 358 g/mol. The van der Waals surface area contributed by atoms with Gasteiger partial charge in [0.2, 0.25) is 5.89 Å². The van der Waals surface area contributed by atoms with Crippen molar-refractivity contribution in [1.82, 2.24) is 4.98 Å². The zero-order valence-electron chi connectivity index (χ0n) is 13.8. The molecule has 0 atom stereocenters. The number of hydrogen-bond acceptors (Lipinski definition) is 5. The smallest absolute Gasteiger partial charge is 0.311 e. The van der Waals surface area contributed by atoms with Crippen molar-refractivity contribution in [3.05, 3.63) is 59.2 Å². The van der Waals surface area contributed by atoms with Gasteiger partial charge in [0.1, 0.15) is 0 Å². The average molecular weight is 374 g/mol. The number of thioether (sulfide) groups is 1. The fourth-order valence-electron chi connectivity index (χ4n) is 2.36. The number of carbonyl (C=O) groups is 1. The number of hydrogen-bond donors (Lipinski definition) is 0. The molecule has 6 heteroatoms. The summed E-state index contributed by atoms with van der Waals surface area (Å²) in [6.45, 7) is 0. The van der Waals surface area contributed by atoms with Gasteiger partial charge >= 0.3 is 5.97 Å². The highest BCUT2D eigenvalue weighted by Gasteiger charge is 2.19. The SMILES string of the molecule is COC(=O)Cc1nc(-c2ccc(SC)cc2)oc1-c1ccc(Cl)cc1. The first kappa shape index (κ1) is 17.6. The van der Waals surface area contributed by atoms with E-state index in [-0.39, 0.29) is 12.4 Å². The Bertz CT molecular complexity index is 873. The molecule has 0 aliphatic heterocycles. The van der Waals surface area contributed by atoms with E-state index in [0.717, 1.165) is 16.0 Å². The number of nitrogens with zero attached hydrogens (tertiary/aromatic N) is 1. The number of methoxy groups -OCH3 is 1. The van der Waals surface area contributed by atoms with Gasteiger partial charge in [0.25, 0.3) is 0 Å². The third-order valence-electron chi connectivity index (χ3n) is 3.68. The predicted molar refractivity (Wildman–Crippen MR) is 99.9 cm³/mol. The van der Waals surface area contributed by atoms with Crippen molar-refractivity contribution < 1.29 is 13.9 Å². The molecule has 2 aromatic carbocycles. The van der Waals surface area contributed by atoms with Crippen molar-refractivity contribution >= 4 is 29.3 Å². The molecule has 0 amide bonds. The molecule has 0 N–H and O–H groups in total. The van der Waals surface area contributed by atoms with Crippen LogP contribution in [0.5, 0.6) is 0 Å². The maximum atomic E-state index is 11.7. The van der Waals surface area contributed by atoms with Crippen LogP contribution < -0.4 is 0 Å². The van der Waals surface area contributed by atoms with Crippen LogP contribution in [-0.4, -0.2) is 24.3 Å². The first-order chi connectivity index (χ1) is 12.1. The maximum absolute atomic E-state index is 11.7. The standard InChI is InChI=1S/C19H16ClNO3S/c1-23-17(22)11-16-18(12-3-7-14(20)8-4-12)24-19(21-16)13-5-9-15(25-2)10-6-13/h3-10H,11H2,1-2H3. The number of rotatable bonds is 5. The monoisotopic (exact) mass is 373 g/mol. The first-order valence-corrected chi connectivity index (χ1v) is 9.18. The van der Waals surface area contributed by atoms with Gasteiger partial charge in [-0.2, -0.15) is 0 Å².